The molecule has 0 saturated carbocycles. The molecule has 7 heteroatoms. The molecule has 0 fully saturated rings. The normalized spacial score (nSPS) is 11.3. The maximum absolute atomic E-state index is 12.8. The van der Waals surface area contributed by atoms with Crippen LogP contribution in [0.1, 0.15) is 26.5 Å². The van der Waals surface area contributed by atoms with Gasteiger partial charge < -0.3 is 10.1 Å². The van der Waals surface area contributed by atoms with Crippen LogP contribution in [-0.2, 0) is 11.2 Å². The van der Waals surface area contributed by atoms with Crippen LogP contribution in [0.15, 0.2) is 30.6 Å². The summed E-state index contributed by atoms with van der Waals surface area (Å²) < 4.78 is 19.5. The van der Waals surface area contributed by atoms with Crippen LogP contribution in [0.2, 0.25) is 0 Å². The minimum atomic E-state index is -0.514. The first kappa shape index (κ1) is 15.9. The van der Waals surface area contributed by atoms with Crippen LogP contribution in [0, 0.1) is 5.82 Å². The number of alkyl carbamates (subject to hydrolysis) is 1. The molecule has 0 aromatic carbocycles. The molecular formula is C15H19FN4O2. The summed E-state index contributed by atoms with van der Waals surface area (Å²) in [6.45, 7) is 5.85. The molecule has 0 bridgehead atoms. The number of hydrogen-bond donors (Lipinski definition) is 1. The summed E-state index contributed by atoms with van der Waals surface area (Å²) >= 11 is 0. The Labute approximate surface area is 128 Å². The average Bonchev–Trinajstić information content (AvgIpc) is 2.86. The predicted octanol–water partition coefficient (Wildman–Crippen LogP) is 2.47. The highest BCUT2D eigenvalue weighted by atomic mass is 19.1. The Morgan fingerprint density at radius 2 is 2.14 bits per heavy atom. The van der Waals surface area contributed by atoms with Crippen molar-refractivity contribution in [1.29, 1.82) is 0 Å². The lowest BCUT2D eigenvalue weighted by Crippen LogP contribution is -2.33. The van der Waals surface area contributed by atoms with Crippen LogP contribution in [0.3, 0.4) is 0 Å². The molecule has 2 heterocycles. The second-order valence-electron chi connectivity index (χ2n) is 5.76. The molecule has 0 aliphatic rings. The van der Waals surface area contributed by atoms with E-state index in [4.69, 9.17) is 4.74 Å². The fraction of sp³-hybridized carbons (Fsp3) is 0.400. The van der Waals surface area contributed by atoms with Crippen molar-refractivity contribution in [3.05, 3.63) is 42.1 Å². The molecule has 0 saturated heterocycles. The maximum atomic E-state index is 12.8. The van der Waals surface area contributed by atoms with Gasteiger partial charge in [0, 0.05) is 19.2 Å². The van der Waals surface area contributed by atoms with Gasteiger partial charge in [-0.3, -0.25) is 0 Å². The minimum Gasteiger partial charge on any atom is -0.444 e. The molecule has 0 unspecified atom stereocenters. The summed E-state index contributed by atoms with van der Waals surface area (Å²) in [6, 6.07) is 4.70. The molecular weight excluding hydrogens is 287 g/mol. The van der Waals surface area contributed by atoms with Crippen molar-refractivity contribution in [1.82, 2.24) is 20.1 Å². The van der Waals surface area contributed by atoms with Gasteiger partial charge in [-0.2, -0.15) is 5.10 Å². The van der Waals surface area contributed by atoms with Crippen molar-refractivity contribution < 1.29 is 13.9 Å². The van der Waals surface area contributed by atoms with Crippen molar-refractivity contribution in [2.45, 2.75) is 32.8 Å². The molecule has 118 valence electrons. The third-order valence-electron chi connectivity index (χ3n) is 2.64. The third kappa shape index (κ3) is 4.83. The van der Waals surface area contributed by atoms with E-state index < -0.39 is 17.5 Å². The molecule has 2 rings (SSSR count). The number of carbonyl (C=O) groups excluding carboxylic acids is 1. The molecule has 0 radical (unpaired) electrons. The predicted molar refractivity (Wildman–Crippen MR) is 79.3 cm³/mol. The lowest BCUT2D eigenvalue weighted by Gasteiger charge is -2.19. The highest BCUT2D eigenvalue weighted by Gasteiger charge is 2.15. The number of nitrogens with one attached hydrogen (secondary N) is 1. The Morgan fingerprint density at radius 3 is 2.77 bits per heavy atom. The van der Waals surface area contributed by atoms with Gasteiger partial charge in [-0.25, -0.2) is 18.9 Å². The van der Waals surface area contributed by atoms with E-state index in [9.17, 15) is 9.18 Å². The standard InChI is InChI=1S/C15H19FN4O2/c1-15(2,3)22-14(21)17-8-6-12-7-9-20(19-12)13-5-4-11(16)10-18-13/h4-5,7,9-10H,6,8H2,1-3H3,(H,17,21). The Balaban J connectivity index is 1.85. The lowest BCUT2D eigenvalue weighted by molar-refractivity contribution is 0.0528. The van der Waals surface area contributed by atoms with Crippen molar-refractivity contribution >= 4 is 6.09 Å². The number of amides is 1. The van der Waals surface area contributed by atoms with Crippen molar-refractivity contribution in [3.8, 4) is 5.82 Å². The monoisotopic (exact) mass is 306 g/mol. The number of pyridine rings is 1. The number of nitrogens with zero attached hydrogens (tertiary/aromatic N) is 3. The Hall–Kier alpha value is -2.44. The molecule has 0 aliphatic heterocycles. The zero-order valence-electron chi connectivity index (χ0n) is 12.8. The molecule has 1 amide bonds. The molecule has 1 N–H and O–H groups in total. The van der Waals surface area contributed by atoms with Crippen LogP contribution in [-0.4, -0.2) is 33.0 Å². The van der Waals surface area contributed by atoms with E-state index in [-0.39, 0.29) is 0 Å². The topological polar surface area (TPSA) is 69.0 Å². The van der Waals surface area contributed by atoms with Gasteiger partial charge in [0.1, 0.15) is 11.4 Å². The molecule has 0 atom stereocenters. The van der Waals surface area contributed by atoms with E-state index >= 15 is 0 Å². The maximum Gasteiger partial charge on any atom is 0.407 e. The Kier molecular flexibility index (Phi) is 4.75. The third-order valence-corrected chi connectivity index (χ3v) is 2.64. The summed E-state index contributed by atoms with van der Waals surface area (Å²) in [5.41, 5.74) is 0.280. The number of rotatable bonds is 4. The van der Waals surface area contributed by atoms with Gasteiger partial charge in [0.05, 0.1) is 11.9 Å². The van der Waals surface area contributed by atoms with E-state index in [1.165, 1.54) is 6.07 Å². The fourth-order valence-corrected chi connectivity index (χ4v) is 1.73. The Morgan fingerprint density at radius 1 is 1.36 bits per heavy atom. The quantitative estimate of drug-likeness (QED) is 0.942. The number of ether oxygens (including phenoxy) is 1. The summed E-state index contributed by atoms with van der Waals surface area (Å²) in [7, 11) is 0. The van der Waals surface area contributed by atoms with E-state index in [0.717, 1.165) is 11.9 Å². The highest BCUT2D eigenvalue weighted by Crippen LogP contribution is 2.07. The van der Waals surface area contributed by atoms with Crippen LogP contribution < -0.4 is 5.32 Å². The molecule has 2 aromatic rings. The Bertz CT molecular complexity index is 632. The van der Waals surface area contributed by atoms with Gasteiger partial charge >= 0.3 is 6.09 Å². The van der Waals surface area contributed by atoms with Crippen molar-refractivity contribution in [3.63, 3.8) is 0 Å². The first-order valence-corrected chi connectivity index (χ1v) is 6.97. The molecule has 0 spiro atoms. The van der Waals surface area contributed by atoms with Gasteiger partial charge in [-0.1, -0.05) is 0 Å². The largest absolute Gasteiger partial charge is 0.444 e. The SMILES string of the molecule is CC(C)(C)OC(=O)NCCc1ccn(-c2ccc(F)cn2)n1. The van der Waals surface area contributed by atoms with Gasteiger partial charge in [-0.15, -0.1) is 0 Å². The van der Waals surface area contributed by atoms with Crippen LogP contribution in [0.4, 0.5) is 9.18 Å². The summed E-state index contributed by atoms with van der Waals surface area (Å²) in [5, 5.41) is 6.99. The highest BCUT2D eigenvalue weighted by molar-refractivity contribution is 5.67. The van der Waals surface area contributed by atoms with Gasteiger partial charge in [0.25, 0.3) is 0 Å². The summed E-state index contributed by atoms with van der Waals surface area (Å²) in [6.07, 6.45) is 2.99. The molecule has 6 nitrogen and oxygen atoms in total. The van der Waals surface area contributed by atoms with Gasteiger partial charge in [0.2, 0.25) is 0 Å². The first-order valence-electron chi connectivity index (χ1n) is 6.97. The van der Waals surface area contributed by atoms with E-state index in [2.05, 4.69) is 15.4 Å². The smallest absolute Gasteiger partial charge is 0.407 e. The van der Waals surface area contributed by atoms with Crippen LogP contribution in [0.25, 0.3) is 5.82 Å². The number of aromatic nitrogens is 3. The van der Waals surface area contributed by atoms with Crippen molar-refractivity contribution in [2.75, 3.05) is 6.54 Å². The zero-order chi connectivity index (χ0) is 16.2. The van der Waals surface area contributed by atoms with Crippen LogP contribution in [0.5, 0.6) is 0 Å². The molecule has 2 aromatic heterocycles. The number of halogens is 1. The van der Waals surface area contributed by atoms with E-state index in [0.29, 0.717) is 18.8 Å². The van der Waals surface area contributed by atoms with Crippen LogP contribution >= 0.6 is 0 Å². The van der Waals surface area contributed by atoms with E-state index in [1.807, 2.05) is 26.8 Å². The summed E-state index contributed by atoms with van der Waals surface area (Å²) in [4.78, 5) is 15.4. The first-order chi connectivity index (χ1) is 10.3. The lowest BCUT2D eigenvalue weighted by atomic mass is 10.2. The zero-order valence-corrected chi connectivity index (χ0v) is 12.8. The van der Waals surface area contributed by atoms with Gasteiger partial charge in [0.15, 0.2) is 5.82 Å². The average molecular weight is 306 g/mol. The second-order valence-corrected chi connectivity index (χ2v) is 5.76. The second kappa shape index (κ2) is 6.55. The van der Waals surface area contributed by atoms with Crippen molar-refractivity contribution in [2.24, 2.45) is 0 Å². The molecule has 0 aliphatic carbocycles. The minimum absolute atomic E-state index is 0.391. The fourth-order valence-electron chi connectivity index (χ4n) is 1.73. The number of carbonyl (C=O) groups is 1. The van der Waals surface area contributed by atoms with E-state index in [1.54, 1.807) is 16.9 Å². The summed E-state index contributed by atoms with van der Waals surface area (Å²) in [5.74, 6) is 0.144. The number of hydrogen-bond acceptors (Lipinski definition) is 4. The van der Waals surface area contributed by atoms with Gasteiger partial charge in [-0.05, 0) is 39.0 Å². The molecule has 22 heavy (non-hydrogen) atoms.